The first-order chi connectivity index (χ1) is 7.45. The highest BCUT2D eigenvalue weighted by atomic mass is 16.3. The summed E-state index contributed by atoms with van der Waals surface area (Å²) in [5.41, 5.74) is -0.561. The van der Waals surface area contributed by atoms with Crippen molar-refractivity contribution in [3.8, 4) is 0 Å². The Labute approximate surface area is 100 Å². The first-order valence-corrected chi connectivity index (χ1v) is 6.64. The lowest BCUT2D eigenvalue weighted by molar-refractivity contribution is -0.0252. The monoisotopic (exact) mass is 228 g/mol. The second-order valence-corrected chi connectivity index (χ2v) is 5.64. The number of hydrogen-bond acceptors (Lipinski definition) is 3. The number of aliphatic hydroxyl groups is 1. The minimum atomic E-state index is -0.561. The van der Waals surface area contributed by atoms with Crippen molar-refractivity contribution in [1.29, 1.82) is 0 Å². The highest BCUT2D eigenvalue weighted by molar-refractivity contribution is 4.85. The number of hydrogen-bond donors (Lipinski definition) is 2. The van der Waals surface area contributed by atoms with Crippen LogP contribution in [0.15, 0.2) is 0 Å². The third kappa shape index (κ3) is 4.04. The van der Waals surface area contributed by atoms with Gasteiger partial charge in [-0.25, -0.2) is 0 Å². The minimum absolute atomic E-state index is 0.312. The molecule has 0 aliphatic carbocycles. The largest absolute Gasteiger partial charge is 0.389 e. The minimum Gasteiger partial charge on any atom is -0.389 e. The molecule has 0 amide bonds. The highest BCUT2D eigenvalue weighted by Crippen LogP contribution is 2.20. The van der Waals surface area contributed by atoms with E-state index in [1.165, 1.54) is 12.8 Å². The molecule has 0 saturated carbocycles. The van der Waals surface area contributed by atoms with Crippen LogP contribution in [-0.4, -0.2) is 47.8 Å². The molecule has 0 bridgehead atoms. The summed E-state index contributed by atoms with van der Waals surface area (Å²) < 4.78 is 0. The molecule has 16 heavy (non-hydrogen) atoms. The Balaban J connectivity index is 2.42. The Morgan fingerprint density at radius 1 is 1.50 bits per heavy atom. The molecule has 1 fully saturated rings. The quantitative estimate of drug-likeness (QED) is 0.748. The molecule has 3 heteroatoms. The van der Waals surface area contributed by atoms with Gasteiger partial charge in [0.05, 0.1) is 5.60 Å². The maximum absolute atomic E-state index is 10.3. The molecule has 0 aromatic carbocycles. The van der Waals surface area contributed by atoms with Gasteiger partial charge in [0.2, 0.25) is 0 Å². The molecule has 0 aromatic heterocycles. The van der Waals surface area contributed by atoms with Gasteiger partial charge in [0.1, 0.15) is 0 Å². The Hall–Kier alpha value is -0.120. The van der Waals surface area contributed by atoms with Gasteiger partial charge in [-0.1, -0.05) is 20.8 Å². The Kier molecular flexibility index (Phi) is 5.22. The molecule has 2 atom stereocenters. The van der Waals surface area contributed by atoms with Gasteiger partial charge >= 0.3 is 0 Å². The maximum atomic E-state index is 10.3. The average molecular weight is 228 g/mol. The summed E-state index contributed by atoms with van der Waals surface area (Å²) in [5.74, 6) is 0.312. The third-order valence-electron chi connectivity index (χ3n) is 3.79. The fraction of sp³-hybridized carbons (Fsp3) is 1.00. The van der Waals surface area contributed by atoms with Crippen molar-refractivity contribution in [1.82, 2.24) is 10.2 Å². The van der Waals surface area contributed by atoms with Crippen LogP contribution in [0.4, 0.5) is 0 Å². The molecule has 2 unspecified atom stereocenters. The molecule has 0 spiro atoms. The van der Waals surface area contributed by atoms with Crippen LogP contribution in [0.1, 0.15) is 40.5 Å². The Morgan fingerprint density at radius 3 is 2.75 bits per heavy atom. The molecular formula is C13H28N2O. The van der Waals surface area contributed by atoms with E-state index >= 15 is 0 Å². The van der Waals surface area contributed by atoms with Gasteiger partial charge in [-0.05, 0) is 38.8 Å². The van der Waals surface area contributed by atoms with Gasteiger partial charge in [-0.2, -0.15) is 0 Å². The van der Waals surface area contributed by atoms with E-state index in [1.54, 1.807) is 0 Å². The summed E-state index contributed by atoms with van der Waals surface area (Å²) in [6, 6.07) is 0.613. The van der Waals surface area contributed by atoms with E-state index in [4.69, 9.17) is 0 Å². The number of β-amino-alcohol motifs (C(OH)–C–C–N with tert-alkyl or cyclic N) is 1. The van der Waals surface area contributed by atoms with E-state index in [1.807, 2.05) is 6.92 Å². The molecule has 0 radical (unpaired) electrons. The number of nitrogens with zero attached hydrogens (tertiary/aromatic N) is 1. The van der Waals surface area contributed by atoms with E-state index in [0.717, 1.165) is 26.2 Å². The van der Waals surface area contributed by atoms with Crippen LogP contribution in [-0.2, 0) is 0 Å². The van der Waals surface area contributed by atoms with Crippen LogP contribution < -0.4 is 5.32 Å². The molecule has 1 aliphatic rings. The number of likely N-dealkylation sites (N-methyl/N-ethyl adjacent to an activating group) is 1. The van der Waals surface area contributed by atoms with Crippen molar-refractivity contribution in [3.05, 3.63) is 0 Å². The van der Waals surface area contributed by atoms with Gasteiger partial charge in [-0.15, -0.1) is 0 Å². The lowest BCUT2D eigenvalue weighted by Crippen LogP contribution is -2.51. The van der Waals surface area contributed by atoms with Crippen molar-refractivity contribution in [3.63, 3.8) is 0 Å². The molecular weight excluding hydrogens is 200 g/mol. The second-order valence-electron chi connectivity index (χ2n) is 5.64. The molecule has 2 N–H and O–H groups in total. The zero-order valence-corrected chi connectivity index (χ0v) is 11.3. The van der Waals surface area contributed by atoms with E-state index < -0.39 is 5.60 Å². The van der Waals surface area contributed by atoms with Crippen LogP contribution >= 0.6 is 0 Å². The normalized spacial score (nSPS) is 27.0. The number of rotatable bonds is 5. The van der Waals surface area contributed by atoms with Crippen molar-refractivity contribution < 1.29 is 5.11 Å². The zero-order chi connectivity index (χ0) is 12.2. The molecule has 1 aliphatic heterocycles. The first kappa shape index (κ1) is 13.9. The molecule has 1 saturated heterocycles. The van der Waals surface area contributed by atoms with Crippen LogP contribution in [0.3, 0.4) is 0 Å². The molecule has 0 aromatic rings. The topological polar surface area (TPSA) is 35.5 Å². The lowest BCUT2D eigenvalue weighted by atomic mass is 9.91. The van der Waals surface area contributed by atoms with Crippen molar-refractivity contribution in [2.75, 3.05) is 26.2 Å². The molecule has 1 rings (SSSR count). The number of nitrogens with one attached hydrogen (secondary N) is 1. The lowest BCUT2D eigenvalue weighted by Gasteiger charge is -2.39. The number of piperidine rings is 1. The Morgan fingerprint density at radius 2 is 2.19 bits per heavy atom. The average Bonchev–Trinajstić information content (AvgIpc) is 2.17. The molecule has 96 valence electrons. The second kappa shape index (κ2) is 5.99. The Bertz CT molecular complexity index is 202. The van der Waals surface area contributed by atoms with Gasteiger partial charge in [0.25, 0.3) is 0 Å². The van der Waals surface area contributed by atoms with Gasteiger partial charge in [0.15, 0.2) is 0 Å². The van der Waals surface area contributed by atoms with Crippen molar-refractivity contribution >= 4 is 0 Å². The summed E-state index contributed by atoms with van der Waals surface area (Å²) in [7, 11) is 0. The first-order valence-electron chi connectivity index (χ1n) is 6.64. The van der Waals surface area contributed by atoms with Gasteiger partial charge in [-0.3, -0.25) is 4.90 Å². The smallest absolute Gasteiger partial charge is 0.0768 e. The summed E-state index contributed by atoms with van der Waals surface area (Å²) in [6.45, 7) is 12.3. The van der Waals surface area contributed by atoms with Crippen LogP contribution in [0, 0.1) is 5.92 Å². The predicted molar refractivity (Wildman–Crippen MR) is 68.6 cm³/mol. The van der Waals surface area contributed by atoms with Crippen LogP contribution in [0.25, 0.3) is 0 Å². The van der Waals surface area contributed by atoms with E-state index in [9.17, 15) is 5.11 Å². The summed E-state index contributed by atoms with van der Waals surface area (Å²) >= 11 is 0. The standard InChI is InChI=1S/C13H28N2O/c1-5-14-12-7-6-8-15(9-12)10-13(4,16)11(2)3/h11-12,14,16H,5-10H2,1-4H3. The zero-order valence-electron chi connectivity index (χ0n) is 11.3. The van der Waals surface area contributed by atoms with E-state index in [-0.39, 0.29) is 0 Å². The summed E-state index contributed by atoms with van der Waals surface area (Å²) in [5, 5.41) is 13.8. The highest BCUT2D eigenvalue weighted by Gasteiger charge is 2.30. The molecule has 1 heterocycles. The fourth-order valence-electron chi connectivity index (χ4n) is 2.29. The van der Waals surface area contributed by atoms with Gasteiger partial charge in [0, 0.05) is 19.1 Å². The maximum Gasteiger partial charge on any atom is 0.0768 e. The van der Waals surface area contributed by atoms with Crippen LogP contribution in [0.5, 0.6) is 0 Å². The van der Waals surface area contributed by atoms with Crippen molar-refractivity contribution in [2.24, 2.45) is 5.92 Å². The summed E-state index contributed by atoms with van der Waals surface area (Å²) in [4.78, 5) is 2.40. The number of likely N-dealkylation sites (tertiary alicyclic amines) is 1. The van der Waals surface area contributed by atoms with Crippen molar-refractivity contribution in [2.45, 2.75) is 52.2 Å². The van der Waals surface area contributed by atoms with E-state index in [0.29, 0.717) is 12.0 Å². The third-order valence-corrected chi connectivity index (χ3v) is 3.79. The molecule has 3 nitrogen and oxygen atoms in total. The SMILES string of the molecule is CCNC1CCCN(CC(C)(O)C(C)C)C1. The van der Waals surface area contributed by atoms with E-state index in [2.05, 4.69) is 31.0 Å². The summed E-state index contributed by atoms with van der Waals surface area (Å²) in [6.07, 6.45) is 2.51. The predicted octanol–water partition coefficient (Wildman–Crippen LogP) is 1.47. The van der Waals surface area contributed by atoms with Crippen LogP contribution in [0.2, 0.25) is 0 Å². The fourth-order valence-corrected chi connectivity index (χ4v) is 2.29. The van der Waals surface area contributed by atoms with Gasteiger partial charge < -0.3 is 10.4 Å².